The Balaban J connectivity index is 1.71. The summed E-state index contributed by atoms with van der Waals surface area (Å²) < 4.78 is 7.98. The molecule has 1 aliphatic rings. The van der Waals surface area contributed by atoms with E-state index in [1.165, 1.54) is 27.6 Å². The molecule has 1 saturated heterocycles. The minimum absolute atomic E-state index is 0.0302. The maximum atomic E-state index is 13.3. The molecule has 0 radical (unpaired) electrons. The third-order valence-electron chi connectivity index (χ3n) is 5.93. The molecule has 4 nitrogen and oxygen atoms in total. The number of benzene rings is 2. The summed E-state index contributed by atoms with van der Waals surface area (Å²) in [6.07, 6.45) is 2.82. The van der Waals surface area contributed by atoms with Crippen molar-refractivity contribution in [1.82, 2.24) is 9.47 Å². The van der Waals surface area contributed by atoms with Crippen molar-refractivity contribution in [3.8, 4) is 0 Å². The number of aromatic nitrogens is 1. The molecule has 0 saturated carbocycles. The number of hydrogen-bond acceptors (Lipinski definition) is 2. The average molecular weight is 391 g/mol. The quantitative estimate of drug-likeness (QED) is 0.650. The van der Waals surface area contributed by atoms with Gasteiger partial charge in [-0.2, -0.15) is 0 Å². The molecule has 0 bridgehead atoms. The molecule has 1 fully saturated rings. The Morgan fingerprint density at radius 3 is 2.41 bits per heavy atom. The van der Waals surface area contributed by atoms with Crippen LogP contribution in [0.15, 0.2) is 54.7 Å². The van der Waals surface area contributed by atoms with Crippen LogP contribution in [0.1, 0.15) is 42.9 Å². The summed E-state index contributed by atoms with van der Waals surface area (Å²) in [5, 5.41) is 1.22. The SMILES string of the molecule is Cc1ccc(C(CC(=O)N2CC(C)OC(C)C2)c2cn(C)c3ccccc23)cc1. The van der Waals surface area contributed by atoms with Gasteiger partial charge in [-0.1, -0.05) is 48.0 Å². The number of carbonyl (C=O) groups is 1. The van der Waals surface area contributed by atoms with Crippen LogP contribution in [-0.2, 0) is 16.6 Å². The zero-order valence-electron chi connectivity index (χ0n) is 17.8. The molecule has 0 spiro atoms. The fourth-order valence-electron chi connectivity index (χ4n) is 4.54. The molecule has 1 aromatic heterocycles. The number of aryl methyl sites for hydroxylation is 2. The van der Waals surface area contributed by atoms with E-state index in [-0.39, 0.29) is 24.0 Å². The van der Waals surface area contributed by atoms with Gasteiger partial charge in [-0.25, -0.2) is 0 Å². The van der Waals surface area contributed by atoms with Gasteiger partial charge in [0.1, 0.15) is 0 Å². The Labute approximate surface area is 173 Å². The fraction of sp³-hybridized carbons (Fsp3) is 0.400. The number of nitrogens with zero attached hydrogens (tertiary/aromatic N) is 2. The summed E-state index contributed by atoms with van der Waals surface area (Å²) >= 11 is 0. The standard InChI is InChI=1S/C25H30N2O2/c1-17-9-11-20(12-10-17)22(13-25(28)27-14-18(2)29-19(3)15-27)23-16-26(4)24-8-6-5-7-21(23)24/h5-12,16,18-19,22H,13-15H2,1-4H3. The molecule has 4 heteroatoms. The van der Waals surface area contributed by atoms with E-state index in [9.17, 15) is 4.79 Å². The van der Waals surface area contributed by atoms with Crippen molar-refractivity contribution in [3.05, 3.63) is 71.4 Å². The summed E-state index contributed by atoms with van der Waals surface area (Å²) in [5.74, 6) is 0.230. The van der Waals surface area contributed by atoms with Crippen LogP contribution in [0.5, 0.6) is 0 Å². The number of ether oxygens (including phenoxy) is 1. The van der Waals surface area contributed by atoms with Crippen molar-refractivity contribution < 1.29 is 9.53 Å². The Kier molecular flexibility index (Phi) is 5.46. The number of para-hydroxylation sites is 1. The van der Waals surface area contributed by atoms with Gasteiger partial charge in [0.05, 0.1) is 12.2 Å². The van der Waals surface area contributed by atoms with Gasteiger partial charge in [0.2, 0.25) is 5.91 Å². The van der Waals surface area contributed by atoms with E-state index in [0.717, 1.165) is 0 Å². The summed E-state index contributed by atoms with van der Waals surface area (Å²) in [5.41, 5.74) is 4.83. The molecule has 2 aromatic carbocycles. The van der Waals surface area contributed by atoms with Crippen molar-refractivity contribution in [3.63, 3.8) is 0 Å². The molecule has 2 heterocycles. The maximum absolute atomic E-state index is 13.3. The minimum Gasteiger partial charge on any atom is -0.372 e. The minimum atomic E-state index is 0.0302. The lowest BCUT2D eigenvalue weighted by atomic mass is 9.87. The van der Waals surface area contributed by atoms with Crippen LogP contribution in [0.25, 0.3) is 10.9 Å². The number of carbonyl (C=O) groups excluding carboxylic acids is 1. The van der Waals surface area contributed by atoms with Crippen LogP contribution in [0.3, 0.4) is 0 Å². The first-order valence-corrected chi connectivity index (χ1v) is 10.5. The Morgan fingerprint density at radius 1 is 1.07 bits per heavy atom. The predicted octanol–water partition coefficient (Wildman–Crippen LogP) is 4.64. The first-order valence-electron chi connectivity index (χ1n) is 10.5. The van der Waals surface area contributed by atoms with Gasteiger partial charge >= 0.3 is 0 Å². The molecular weight excluding hydrogens is 360 g/mol. The highest BCUT2D eigenvalue weighted by Gasteiger charge is 2.29. The first kappa shape index (κ1) is 19.7. The predicted molar refractivity (Wildman–Crippen MR) is 117 cm³/mol. The van der Waals surface area contributed by atoms with Gasteiger partial charge in [0, 0.05) is 49.6 Å². The highest BCUT2D eigenvalue weighted by Crippen LogP contribution is 2.35. The second kappa shape index (κ2) is 8.03. The zero-order chi connectivity index (χ0) is 20.5. The van der Waals surface area contributed by atoms with Crippen molar-refractivity contribution >= 4 is 16.8 Å². The molecule has 3 aromatic rings. The van der Waals surface area contributed by atoms with Gasteiger partial charge in [0.15, 0.2) is 0 Å². The Morgan fingerprint density at radius 2 is 1.72 bits per heavy atom. The third-order valence-corrected chi connectivity index (χ3v) is 5.93. The first-order chi connectivity index (χ1) is 13.9. The molecule has 1 amide bonds. The van der Waals surface area contributed by atoms with Gasteiger partial charge in [-0.05, 0) is 38.0 Å². The highest BCUT2D eigenvalue weighted by molar-refractivity contribution is 5.86. The summed E-state index contributed by atoms with van der Waals surface area (Å²) in [7, 11) is 2.07. The topological polar surface area (TPSA) is 34.5 Å². The normalized spacial score (nSPS) is 20.8. The maximum Gasteiger partial charge on any atom is 0.223 e. The molecular formula is C25H30N2O2. The third kappa shape index (κ3) is 4.08. The van der Waals surface area contributed by atoms with Crippen molar-refractivity contribution in [2.24, 2.45) is 7.05 Å². The van der Waals surface area contributed by atoms with Gasteiger partial charge < -0.3 is 14.2 Å². The lowest BCUT2D eigenvalue weighted by molar-refractivity contribution is -0.143. The largest absolute Gasteiger partial charge is 0.372 e. The molecule has 29 heavy (non-hydrogen) atoms. The lowest BCUT2D eigenvalue weighted by Gasteiger charge is -2.36. The fourth-order valence-corrected chi connectivity index (χ4v) is 4.54. The molecule has 3 atom stereocenters. The Hall–Kier alpha value is -2.59. The number of hydrogen-bond donors (Lipinski definition) is 0. The van der Waals surface area contributed by atoms with Crippen LogP contribution in [0.2, 0.25) is 0 Å². The molecule has 0 aliphatic carbocycles. The molecule has 3 unspecified atom stereocenters. The summed E-state index contributed by atoms with van der Waals surface area (Å²) in [6.45, 7) is 7.51. The van der Waals surface area contributed by atoms with E-state index in [2.05, 4.69) is 73.3 Å². The van der Waals surface area contributed by atoms with E-state index in [1.807, 2.05) is 18.7 Å². The van der Waals surface area contributed by atoms with E-state index in [4.69, 9.17) is 4.74 Å². The van der Waals surface area contributed by atoms with Crippen LogP contribution in [-0.4, -0.2) is 40.7 Å². The van der Waals surface area contributed by atoms with Gasteiger partial charge in [-0.15, -0.1) is 0 Å². The zero-order valence-corrected chi connectivity index (χ0v) is 17.8. The van der Waals surface area contributed by atoms with E-state index in [0.29, 0.717) is 19.5 Å². The summed E-state index contributed by atoms with van der Waals surface area (Å²) in [4.78, 5) is 15.3. The second-order valence-corrected chi connectivity index (χ2v) is 8.44. The number of morpholine rings is 1. The van der Waals surface area contributed by atoms with Crippen molar-refractivity contribution in [1.29, 1.82) is 0 Å². The van der Waals surface area contributed by atoms with E-state index in [1.54, 1.807) is 0 Å². The van der Waals surface area contributed by atoms with Crippen LogP contribution in [0, 0.1) is 6.92 Å². The van der Waals surface area contributed by atoms with Gasteiger partial charge in [0.25, 0.3) is 0 Å². The van der Waals surface area contributed by atoms with Crippen LogP contribution in [0.4, 0.5) is 0 Å². The molecule has 152 valence electrons. The molecule has 0 N–H and O–H groups in total. The van der Waals surface area contributed by atoms with Crippen LogP contribution >= 0.6 is 0 Å². The number of amides is 1. The van der Waals surface area contributed by atoms with Crippen molar-refractivity contribution in [2.75, 3.05) is 13.1 Å². The monoisotopic (exact) mass is 390 g/mol. The highest BCUT2D eigenvalue weighted by atomic mass is 16.5. The average Bonchev–Trinajstić information content (AvgIpc) is 3.03. The number of rotatable bonds is 4. The second-order valence-electron chi connectivity index (χ2n) is 8.44. The van der Waals surface area contributed by atoms with Crippen molar-refractivity contribution in [2.45, 2.75) is 45.3 Å². The van der Waals surface area contributed by atoms with E-state index < -0.39 is 0 Å². The number of fused-ring (bicyclic) bond motifs is 1. The summed E-state index contributed by atoms with van der Waals surface area (Å²) in [6, 6.07) is 17.0. The molecule has 1 aliphatic heterocycles. The Bertz CT molecular complexity index is 995. The van der Waals surface area contributed by atoms with Gasteiger partial charge in [-0.3, -0.25) is 4.79 Å². The van der Waals surface area contributed by atoms with Crippen LogP contribution < -0.4 is 0 Å². The van der Waals surface area contributed by atoms with E-state index >= 15 is 0 Å². The lowest BCUT2D eigenvalue weighted by Crippen LogP contribution is -2.48. The smallest absolute Gasteiger partial charge is 0.223 e. The molecule has 4 rings (SSSR count).